The number of nitrogens with zero attached hydrogens (tertiary/aromatic N) is 2. The van der Waals surface area contributed by atoms with E-state index in [0.717, 1.165) is 12.8 Å². The van der Waals surface area contributed by atoms with E-state index in [1.807, 2.05) is 0 Å². The topological polar surface area (TPSA) is 106 Å². The Morgan fingerprint density at radius 3 is 2.77 bits per heavy atom. The Kier molecular flexibility index (Phi) is 5.08. The summed E-state index contributed by atoms with van der Waals surface area (Å²) in [6.45, 7) is 4.28. The van der Waals surface area contributed by atoms with Crippen LogP contribution in [0.5, 0.6) is 5.75 Å². The van der Waals surface area contributed by atoms with Gasteiger partial charge in [-0.2, -0.15) is 0 Å². The van der Waals surface area contributed by atoms with Gasteiger partial charge in [0.05, 0.1) is 36.5 Å². The highest BCUT2D eigenvalue weighted by molar-refractivity contribution is 6.36. The number of halogens is 1. The maximum atomic E-state index is 12.4. The Hall–Kier alpha value is -2.67. The van der Waals surface area contributed by atoms with Crippen LogP contribution in [0.1, 0.15) is 18.4 Å². The van der Waals surface area contributed by atoms with Crippen molar-refractivity contribution >= 4 is 23.3 Å². The first kappa shape index (κ1) is 18.1. The fraction of sp³-hybridized carbons (Fsp3) is 0.333. The number of aliphatic imine (C=N–C) groups is 1. The summed E-state index contributed by atoms with van der Waals surface area (Å²) in [7, 11) is 1.55. The molecule has 5 N–H and O–H groups in total. The van der Waals surface area contributed by atoms with Crippen molar-refractivity contribution in [1.82, 2.24) is 10.2 Å². The maximum absolute atomic E-state index is 12.4. The molecule has 1 heterocycles. The Labute approximate surface area is 157 Å². The van der Waals surface area contributed by atoms with Crippen molar-refractivity contribution in [2.24, 2.45) is 16.5 Å². The van der Waals surface area contributed by atoms with Gasteiger partial charge in [-0.15, -0.1) is 0 Å². The molecule has 2 aliphatic rings. The second-order valence-electron chi connectivity index (χ2n) is 6.35. The van der Waals surface area contributed by atoms with Crippen molar-refractivity contribution in [3.8, 4) is 5.75 Å². The third-order valence-corrected chi connectivity index (χ3v) is 4.58. The van der Waals surface area contributed by atoms with Crippen LogP contribution in [0.4, 0.5) is 4.79 Å². The van der Waals surface area contributed by atoms with E-state index in [2.05, 4.69) is 16.9 Å². The molecule has 0 bridgehead atoms. The second kappa shape index (κ2) is 7.29. The zero-order chi connectivity index (χ0) is 18.8. The average Bonchev–Trinajstić information content (AvgIpc) is 3.32. The van der Waals surface area contributed by atoms with Crippen molar-refractivity contribution < 1.29 is 9.53 Å². The molecule has 26 heavy (non-hydrogen) atoms. The molecule has 0 atom stereocenters. The smallest absolute Gasteiger partial charge is 0.318 e. The summed E-state index contributed by atoms with van der Waals surface area (Å²) < 4.78 is 5.43. The van der Waals surface area contributed by atoms with E-state index in [0.29, 0.717) is 46.4 Å². The third-order valence-electron chi connectivity index (χ3n) is 4.26. The number of methoxy groups -OCH3 is 1. The highest BCUT2D eigenvalue weighted by Gasteiger charge is 2.32. The minimum absolute atomic E-state index is 0.114. The number of urea groups is 1. The summed E-state index contributed by atoms with van der Waals surface area (Å²) in [5.41, 5.74) is 14.2. The van der Waals surface area contributed by atoms with Crippen molar-refractivity contribution in [2.45, 2.75) is 18.9 Å². The van der Waals surface area contributed by atoms with Crippen molar-refractivity contribution in [2.75, 3.05) is 20.2 Å². The zero-order valence-electron chi connectivity index (χ0n) is 14.6. The van der Waals surface area contributed by atoms with Gasteiger partial charge in [0.2, 0.25) is 0 Å². The fourth-order valence-electron chi connectivity index (χ4n) is 2.84. The summed E-state index contributed by atoms with van der Waals surface area (Å²) in [5, 5.41) is 3.41. The van der Waals surface area contributed by atoms with Gasteiger partial charge in [0, 0.05) is 17.3 Å². The quantitative estimate of drug-likeness (QED) is 0.684. The van der Waals surface area contributed by atoms with Crippen LogP contribution in [-0.4, -0.2) is 42.9 Å². The largest absolute Gasteiger partial charge is 0.496 e. The van der Waals surface area contributed by atoms with Gasteiger partial charge < -0.3 is 26.4 Å². The van der Waals surface area contributed by atoms with Crippen molar-refractivity contribution in [3.05, 3.63) is 52.5 Å². The van der Waals surface area contributed by atoms with Crippen LogP contribution in [0.25, 0.3) is 0 Å². The first-order chi connectivity index (χ1) is 12.4. The summed E-state index contributed by atoms with van der Waals surface area (Å²) in [4.78, 5) is 18.4. The molecule has 1 aromatic carbocycles. The lowest BCUT2D eigenvalue weighted by atomic mass is 10.0. The Balaban J connectivity index is 1.95. The molecule has 0 spiro atoms. The molecule has 0 unspecified atom stereocenters. The predicted octanol–water partition coefficient (Wildman–Crippen LogP) is 1.97. The molecule has 138 valence electrons. The molecule has 3 rings (SSSR count). The fourth-order valence-corrected chi connectivity index (χ4v) is 3.09. The van der Waals surface area contributed by atoms with Crippen LogP contribution in [-0.2, 0) is 0 Å². The van der Waals surface area contributed by atoms with Gasteiger partial charge in [0.1, 0.15) is 11.6 Å². The molecule has 1 aromatic rings. The summed E-state index contributed by atoms with van der Waals surface area (Å²) >= 11 is 6.40. The van der Waals surface area contributed by atoms with Gasteiger partial charge in [0.15, 0.2) is 0 Å². The molecule has 1 aliphatic carbocycles. The van der Waals surface area contributed by atoms with Crippen molar-refractivity contribution in [1.29, 1.82) is 0 Å². The van der Waals surface area contributed by atoms with E-state index >= 15 is 0 Å². The standard InChI is InChI=1S/C18H22ClN5O2/c1-10(20)22-17(16-13(19)4-3-5-15(16)26-2)12-8-24(9-14(12)21)18(25)23-11-6-7-11/h3-5,11H,1,6-9,20-21H2,2H3,(H,23,25)/b22-17+. The lowest BCUT2D eigenvalue weighted by Crippen LogP contribution is -2.40. The number of nitrogens with one attached hydrogen (secondary N) is 1. The van der Waals surface area contributed by atoms with E-state index in [9.17, 15) is 4.79 Å². The molecular weight excluding hydrogens is 354 g/mol. The van der Waals surface area contributed by atoms with Gasteiger partial charge in [-0.3, -0.25) is 0 Å². The third kappa shape index (κ3) is 3.77. The summed E-state index contributed by atoms with van der Waals surface area (Å²) in [6.07, 6.45) is 2.04. The molecular formula is C18H22ClN5O2. The SMILES string of the molecule is C=C(N)/N=C(\C1=C(N)CN(C(=O)NC2CC2)C1)c1c(Cl)cccc1OC. The van der Waals surface area contributed by atoms with E-state index < -0.39 is 0 Å². The Bertz CT molecular complexity index is 814. The summed E-state index contributed by atoms with van der Waals surface area (Å²) in [6, 6.07) is 5.42. The van der Waals surface area contributed by atoms with Crippen LogP contribution < -0.4 is 21.5 Å². The zero-order valence-corrected chi connectivity index (χ0v) is 15.3. The summed E-state index contributed by atoms with van der Waals surface area (Å²) in [5.74, 6) is 0.654. The number of benzene rings is 1. The number of amides is 2. The minimum atomic E-state index is -0.137. The van der Waals surface area contributed by atoms with Crippen LogP contribution in [0.2, 0.25) is 5.02 Å². The second-order valence-corrected chi connectivity index (χ2v) is 6.76. The Morgan fingerprint density at radius 1 is 1.42 bits per heavy atom. The van der Waals surface area contributed by atoms with Gasteiger partial charge in [-0.05, 0) is 25.0 Å². The molecule has 1 saturated carbocycles. The lowest BCUT2D eigenvalue weighted by molar-refractivity contribution is 0.209. The number of hydrogen-bond acceptors (Lipinski definition) is 5. The van der Waals surface area contributed by atoms with Crippen LogP contribution in [0.3, 0.4) is 0 Å². The monoisotopic (exact) mass is 375 g/mol. The number of hydrogen-bond donors (Lipinski definition) is 3. The highest BCUT2D eigenvalue weighted by Crippen LogP contribution is 2.32. The molecule has 1 fully saturated rings. The van der Waals surface area contributed by atoms with Crippen LogP contribution >= 0.6 is 11.6 Å². The first-order valence-electron chi connectivity index (χ1n) is 8.30. The predicted molar refractivity (Wildman–Crippen MR) is 102 cm³/mol. The molecule has 7 nitrogen and oxygen atoms in total. The number of carbonyl (C=O) groups is 1. The Morgan fingerprint density at radius 2 is 2.15 bits per heavy atom. The average molecular weight is 376 g/mol. The molecule has 8 heteroatoms. The number of rotatable bonds is 5. The lowest BCUT2D eigenvalue weighted by Gasteiger charge is -2.18. The van der Waals surface area contributed by atoms with E-state index in [1.165, 1.54) is 0 Å². The van der Waals surface area contributed by atoms with E-state index in [4.69, 9.17) is 27.8 Å². The molecule has 2 amide bonds. The number of carbonyl (C=O) groups excluding carboxylic acids is 1. The minimum Gasteiger partial charge on any atom is -0.496 e. The van der Waals surface area contributed by atoms with Gasteiger partial charge >= 0.3 is 6.03 Å². The van der Waals surface area contributed by atoms with E-state index in [1.54, 1.807) is 30.2 Å². The van der Waals surface area contributed by atoms with Gasteiger partial charge in [-0.1, -0.05) is 24.2 Å². The highest BCUT2D eigenvalue weighted by atomic mass is 35.5. The van der Waals surface area contributed by atoms with Gasteiger partial charge in [0.25, 0.3) is 0 Å². The van der Waals surface area contributed by atoms with E-state index in [-0.39, 0.29) is 17.9 Å². The van der Waals surface area contributed by atoms with Gasteiger partial charge in [-0.25, -0.2) is 9.79 Å². The molecule has 0 radical (unpaired) electrons. The first-order valence-corrected chi connectivity index (χ1v) is 8.67. The van der Waals surface area contributed by atoms with Crippen molar-refractivity contribution in [3.63, 3.8) is 0 Å². The molecule has 0 saturated heterocycles. The molecule has 0 aromatic heterocycles. The number of ether oxygens (including phenoxy) is 1. The number of nitrogens with two attached hydrogens (primary N) is 2. The molecule has 1 aliphatic heterocycles. The van der Waals surface area contributed by atoms with Crippen LogP contribution in [0, 0.1) is 0 Å². The normalized spacial score (nSPS) is 17.5. The maximum Gasteiger partial charge on any atom is 0.318 e. The van der Waals surface area contributed by atoms with Crippen LogP contribution in [0.15, 0.2) is 46.9 Å².